The van der Waals surface area contributed by atoms with E-state index < -0.39 is 5.82 Å². The van der Waals surface area contributed by atoms with Crippen LogP contribution in [0.2, 0.25) is 5.15 Å². The third-order valence-electron chi connectivity index (χ3n) is 6.94. The van der Waals surface area contributed by atoms with Crippen LogP contribution in [0.15, 0.2) is 36.8 Å². The topological polar surface area (TPSA) is 140 Å². The van der Waals surface area contributed by atoms with Gasteiger partial charge in [0, 0.05) is 69.0 Å². The van der Waals surface area contributed by atoms with Crippen LogP contribution in [0.4, 0.5) is 15.9 Å². The molecular formula is C28H33ClFN9O2. The lowest BCUT2D eigenvalue weighted by atomic mass is 10.1. The maximum atomic E-state index is 15.3. The van der Waals surface area contributed by atoms with Crippen molar-refractivity contribution in [3.8, 4) is 28.5 Å². The zero-order chi connectivity index (χ0) is 29.1. The van der Waals surface area contributed by atoms with Crippen molar-refractivity contribution in [2.75, 3.05) is 30.7 Å². The van der Waals surface area contributed by atoms with Gasteiger partial charge in [-0.25, -0.2) is 24.0 Å². The molecule has 13 heteroatoms. The van der Waals surface area contributed by atoms with Crippen molar-refractivity contribution in [3.63, 3.8) is 0 Å². The number of aliphatic hydroxyl groups is 1. The number of nitrogens with two attached hydrogens (primary N) is 1. The summed E-state index contributed by atoms with van der Waals surface area (Å²) in [7, 11) is 1.80. The molecule has 1 aliphatic heterocycles. The molecule has 0 aromatic carbocycles. The van der Waals surface area contributed by atoms with Gasteiger partial charge < -0.3 is 20.9 Å². The average Bonchev–Trinajstić information content (AvgIpc) is 3.45. The Morgan fingerprint density at radius 3 is 2.83 bits per heavy atom. The number of aryl methyl sites for hydroxylation is 2. The fraction of sp³-hybridized carbons (Fsp3) is 0.393. The predicted octanol–water partition coefficient (Wildman–Crippen LogP) is 3.85. The van der Waals surface area contributed by atoms with E-state index in [2.05, 4.69) is 35.3 Å². The summed E-state index contributed by atoms with van der Waals surface area (Å²) in [6, 6.07) is 4.70. The van der Waals surface area contributed by atoms with E-state index in [-0.39, 0.29) is 23.0 Å². The van der Waals surface area contributed by atoms with Crippen molar-refractivity contribution < 1.29 is 14.2 Å². The maximum Gasteiger partial charge on any atom is 0.223 e. The van der Waals surface area contributed by atoms with Crippen molar-refractivity contribution in [1.82, 2.24) is 34.6 Å². The summed E-state index contributed by atoms with van der Waals surface area (Å²) in [5, 5.41) is 17.9. The van der Waals surface area contributed by atoms with Crippen LogP contribution in [0, 0.1) is 12.7 Å². The minimum Gasteiger partial charge on any atom is -0.477 e. The lowest BCUT2D eigenvalue weighted by molar-refractivity contribution is 0.174. The molecule has 1 aliphatic rings. The second-order valence-electron chi connectivity index (χ2n) is 10.3. The third kappa shape index (κ3) is 6.72. The molecule has 0 bridgehead atoms. The van der Waals surface area contributed by atoms with Crippen molar-refractivity contribution in [3.05, 3.63) is 59.0 Å². The molecule has 11 nitrogen and oxygen atoms in total. The fourth-order valence-electron chi connectivity index (χ4n) is 4.94. The van der Waals surface area contributed by atoms with Gasteiger partial charge in [-0.2, -0.15) is 5.10 Å². The van der Waals surface area contributed by atoms with E-state index in [9.17, 15) is 5.11 Å². The summed E-state index contributed by atoms with van der Waals surface area (Å²) in [4.78, 5) is 19.3. The van der Waals surface area contributed by atoms with Gasteiger partial charge >= 0.3 is 0 Å². The molecule has 2 atom stereocenters. The number of β-amino-alcohol motifs (C(OH)–C–C–N with tert-alkyl or cyclic N) is 1. The molecule has 0 radical (unpaired) electrons. The summed E-state index contributed by atoms with van der Waals surface area (Å²) in [6.45, 7) is 6.11. The molecule has 216 valence electrons. The third-order valence-corrected chi connectivity index (χ3v) is 7.15. The normalized spacial score (nSPS) is 16.2. The van der Waals surface area contributed by atoms with E-state index in [0.29, 0.717) is 60.5 Å². The molecule has 5 heterocycles. The van der Waals surface area contributed by atoms with Gasteiger partial charge in [-0.3, -0.25) is 9.88 Å². The summed E-state index contributed by atoms with van der Waals surface area (Å²) >= 11 is 6.20. The van der Waals surface area contributed by atoms with Gasteiger partial charge in [0.2, 0.25) is 5.88 Å². The van der Waals surface area contributed by atoms with Gasteiger partial charge in [0.1, 0.15) is 28.0 Å². The molecular weight excluding hydrogens is 549 g/mol. The predicted molar refractivity (Wildman–Crippen MR) is 155 cm³/mol. The first-order chi connectivity index (χ1) is 19.7. The minimum absolute atomic E-state index is 0.0717. The Morgan fingerprint density at radius 1 is 1.27 bits per heavy atom. The number of ether oxygens (including phenoxy) is 1. The Morgan fingerprint density at radius 2 is 2.10 bits per heavy atom. The molecule has 1 saturated heterocycles. The van der Waals surface area contributed by atoms with Crippen LogP contribution in [0.1, 0.15) is 31.0 Å². The number of hydrogen-bond donors (Lipinski definition) is 3. The Bertz CT molecular complexity index is 1530. The highest BCUT2D eigenvalue weighted by molar-refractivity contribution is 6.29. The van der Waals surface area contributed by atoms with Crippen LogP contribution in [-0.4, -0.2) is 71.6 Å². The summed E-state index contributed by atoms with van der Waals surface area (Å²) in [5.74, 6) is 0.906. The van der Waals surface area contributed by atoms with Crippen molar-refractivity contribution in [1.29, 1.82) is 0 Å². The van der Waals surface area contributed by atoms with Crippen molar-refractivity contribution in [2.24, 2.45) is 7.05 Å². The number of nitrogens with one attached hydrogen (secondary N) is 1. The van der Waals surface area contributed by atoms with Gasteiger partial charge in [0.25, 0.3) is 0 Å². The van der Waals surface area contributed by atoms with Gasteiger partial charge in [0.15, 0.2) is 5.82 Å². The van der Waals surface area contributed by atoms with E-state index >= 15 is 4.39 Å². The quantitative estimate of drug-likeness (QED) is 0.236. The zero-order valence-electron chi connectivity index (χ0n) is 23.2. The highest BCUT2D eigenvalue weighted by atomic mass is 35.5. The van der Waals surface area contributed by atoms with Crippen molar-refractivity contribution >= 4 is 23.1 Å². The molecule has 4 aromatic heterocycles. The molecule has 1 fully saturated rings. The second kappa shape index (κ2) is 12.3. The summed E-state index contributed by atoms with van der Waals surface area (Å²) in [5.41, 5.74) is 9.33. The smallest absolute Gasteiger partial charge is 0.223 e. The number of aromatic nitrogens is 6. The molecule has 4 N–H and O–H groups in total. The number of halogens is 2. The first kappa shape index (κ1) is 28.7. The monoisotopic (exact) mass is 581 g/mol. The van der Waals surface area contributed by atoms with E-state index in [1.807, 2.05) is 13.8 Å². The van der Waals surface area contributed by atoms with Crippen LogP contribution in [0.5, 0.6) is 5.88 Å². The Balaban J connectivity index is 1.26. The van der Waals surface area contributed by atoms with E-state index in [1.165, 1.54) is 12.3 Å². The van der Waals surface area contributed by atoms with Crippen molar-refractivity contribution in [2.45, 2.75) is 45.4 Å². The first-order valence-corrected chi connectivity index (χ1v) is 13.8. The maximum absolute atomic E-state index is 15.3. The number of aliphatic hydroxyl groups excluding tert-OH is 1. The lowest BCUT2D eigenvalue weighted by Gasteiger charge is -2.19. The number of pyridine rings is 2. The number of anilines is 2. The number of likely N-dealkylation sites (tertiary alicyclic amines) is 1. The SMILES string of the molecule is Cc1nn(C)c(OCC[C@H](C)Nc2cc(Cl)ncc2-c2ncc(CN3CC[C@@H](O)C3)cc2F)c1-c1nccc(N)n1. The first-order valence-electron chi connectivity index (χ1n) is 13.4. The molecule has 0 aliphatic carbocycles. The number of nitrogens with zero attached hydrogens (tertiary/aromatic N) is 7. The van der Waals surface area contributed by atoms with E-state index in [0.717, 1.165) is 24.2 Å². The highest BCUT2D eigenvalue weighted by Crippen LogP contribution is 2.32. The molecule has 41 heavy (non-hydrogen) atoms. The second-order valence-corrected chi connectivity index (χ2v) is 10.7. The molecule has 5 rings (SSSR count). The molecule has 0 saturated carbocycles. The van der Waals surface area contributed by atoms with Crippen LogP contribution in [0.25, 0.3) is 22.6 Å². The van der Waals surface area contributed by atoms with Gasteiger partial charge in [-0.05, 0) is 44.0 Å². The average molecular weight is 582 g/mol. The molecule has 0 unspecified atom stereocenters. The Kier molecular flexibility index (Phi) is 8.62. The summed E-state index contributed by atoms with van der Waals surface area (Å²) in [6.07, 6.45) is 5.78. The minimum atomic E-state index is -0.451. The Hall–Kier alpha value is -3.87. The van der Waals surface area contributed by atoms with Gasteiger partial charge in [0.05, 0.1) is 18.4 Å². The number of hydrogen-bond acceptors (Lipinski definition) is 10. The molecule has 0 spiro atoms. The lowest BCUT2D eigenvalue weighted by Crippen LogP contribution is -2.21. The largest absolute Gasteiger partial charge is 0.477 e. The number of nitrogen functional groups attached to an aromatic ring is 1. The highest BCUT2D eigenvalue weighted by Gasteiger charge is 2.22. The van der Waals surface area contributed by atoms with Crippen LogP contribution < -0.4 is 15.8 Å². The van der Waals surface area contributed by atoms with E-state index in [1.54, 1.807) is 36.3 Å². The van der Waals surface area contributed by atoms with Crippen LogP contribution >= 0.6 is 11.6 Å². The Labute approximate surface area is 242 Å². The number of rotatable bonds is 10. The van der Waals surface area contributed by atoms with Gasteiger partial charge in [-0.1, -0.05) is 11.6 Å². The van der Waals surface area contributed by atoms with Crippen LogP contribution in [0.3, 0.4) is 0 Å². The zero-order valence-corrected chi connectivity index (χ0v) is 23.9. The van der Waals surface area contributed by atoms with Gasteiger partial charge in [-0.15, -0.1) is 0 Å². The standard InChI is InChI=1S/C28H33ClFN9O2/c1-16(6-9-41-28-25(17(2)37-38(28)3)27-32-7-4-24(31)36-27)35-22-11-23(29)33-13-20(22)26-21(30)10-18(12-34-26)14-39-8-5-19(40)15-39/h4,7,10-13,16,19,40H,5-6,8-9,14-15H2,1-3H3,(H,33,35)(H2,31,32,36)/t16-,19+/m0/s1. The molecule has 0 amide bonds. The van der Waals surface area contributed by atoms with Crippen LogP contribution in [-0.2, 0) is 13.6 Å². The van der Waals surface area contributed by atoms with E-state index in [4.69, 9.17) is 22.1 Å². The summed E-state index contributed by atoms with van der Waals surface area (Å²) < 4.78 is 23.1. The molecule has 4 aromatic rings. The fourth-order valence-corrected chi connectivity index (χ4v) is 5.10.